The molecule has 3 aromatic heterocycles. The Morgan fingerprint density at radius 3 is 2.27 bits per heavy atom. The molecule has 44 heavy (non-hydrogen) atoms. The van der Waals surface area contributed by atoms with Gasteiger partial charge in [0.1, 0.15) is 17.6 Å². The minimum Gasteiger partial charge on any atom is -0.378 e. The lowest BCUT2D eigenvalue weighted by Crippen LogP contribution is -2.35. The molecule has 0 spiro atoms. The van der Waals surface area contributed by atoms with Crippen molar-refractivity contribution < 1.29 is 48.6 Å². The van der Waals surface area contributed by atoms with Crippen molar-refractivity contribution in [2.24, 2.45) is 0 Å². The molecule has 2 atom stereocenters. The van der Waals surface area contributed by atoms with Crippen LogP contribution in [0.3, 0.4) is 0 Å². The van der Waals surface area contributed by atoms with Gasteiger partial charge in [-0.15, -0.1) is 0 Å². The molecule has 4 aromatic rings. The van der Waals surface area contributed by atoms with Gasteiger partial charge < -0.3 is 14.6 Å². The minimum atomic E-state index is -5.19. The van der Waals surface area contributed by atoms with Crippen LogP contribution >= 0.6 is 0 Å². The summed E-state index contributed by atoms with van der Waals surface area (Å²) in [7, 11) is 0. The van der Waals surface area contributed by atoms with Gasteiger partial charge in [0.25, 0.3) is 11.1 Å². The minimum absolute atomic E-state index is 0.0907. The smallest absolute Gasteiger partial charge is 0.378 e. The number of H-pyrrole nitrogens is 1. The van der Waals surface area contributed by atoms with E-state index >= 15 is 4.39 Å². The van der Waals surface area contributed by atoms with Crippen LogP contribution in [0.4, 0.5) is 49.6 Å². The van der Waals surface area contributed by atoms with Crippen LogP contribution in [0.1, 0.15) is 17.5 Å². The fourth-order valence-electron chi connectivity index (χ4n) is 4.20. The van der Waals surface area contributed by atoms with Crippen molar-refractivity contribution in [3.05, 3.63) is 80.6 Å². The maximum absolute atomic E-state index is 15.1. The van der Waals surface area contributed by atoms with Crippen molar-refractivity contribution in [1.82, 2.24) is 24.7 Å². The van der Waals surface area contributed by atoms with Crippen molar-refractivity contribution in [2.45, 2.75) is 44.1 Å². The molecule has 4 rings (SSSR count). The molecule has 236 valence electrons. The number of alkyl halides is 9. The van der Waals surface area contributed by atoms with Crippen molar-refractivity contribution in [2.75, 3.05) is 11.9 Å². The maximum atomic E-state index is 15.1. The Kier molecular flexibility index (Phi) is 9.26. The molecule has 0 saturated heterocycles. The van der Waals surface area contributed by atoms with E-state index in [0.29, 0.717) is 18.6 Å². The highest BCUT2D eigenvalue weighted by atomic mass is 19.4. The van der Waals surface area contributed by atoms with Crippen LogP contribution in [-0.2, 0) is 23.6 Å². The van der Waals surface area contributed by atoms with Gasteiger partial charge in [-0.05, 0) is 23.6 Å². The monoisotopic (exact) mass is 640 g/mol. The highest BCUT2D eigenvalue weighted by molar-refractivity contribution is 5.86. The lowest BCUT2D eigenvalue weighted by Gasteiger charge is -2.23. The van der Waals surface area contributed by atoms with E-state index in [0.717, 1.165) is 22.9 Å². The molecular weight excluding hydrogens is 622 g/mol. The number of aromatic nitrogens is 5. The summed E-state index contributed by atoms with van der Waals surface area (Å²) in [5, 5.41) is 6.77. The number of nitrogens with one attached hydrogen (secondary N) is 2. The number of halogens is 10. The summed E-state index contributed by atoms with van der Waals surface area (Å²) in [6, 6.07) is 1.53. The Hall–Kier alpha value is -4.55. The van der Waals surface area contributed by atoms with E-state index in [1.807, 2.05) is 0 Å². The van der Waals surface area contributed by atoms with Crippen molar-refractivity contribution in [3.8, 4) is 11.4 Å². The van der Waals surface area contributed by atoms with Crippen LogP contribution in [-0.4, -0.2) is 50.2 Å². The van der Waals surface area contributed by atoms with Crippen molar-refractivity contribution >= 4 is 16.5 Å². The number of nitrogens with zero attached hydrogens (tertiary/aromatic N) is 4. The van der Waals surface area contributed by atoms with E-state index in [1.165, 1.54) is 6.07 Å². The molecular formula is C25H18F10N6O3. The Balaban J connectivity index is 1.57. The van der Waals surface area contributed by atoms with Gasteiger partial charge >= 0.3 is 19.0 Å². The number of fused-ring (bicyclic) bond motifs is 1. The van der Waals surface area contributed by atoms with Crippen LogP contribution in [0.15, 0.2) is 52.6 Å². The molecule has 0 radical (unpaired) electrons. The number of hydrogen-bond donors (Lipinski definition) is 2. The first-order valence-corrected chi connectivity index (χ1v) is 12.2. The number of rotatable bonds is 10. The van der Waals surface area contributed by atoms with E-state index in [-0.39, 0.29) is 16.3 Å². The predicted octanol–water partition coefficient (Wildman–Crippen LogP) is 5.17. The molecule has 1 aromatic carbocycles. The number of pyridine rings is 1. The first kappa shape index (κ1) is 32.4. The number of anilines is 1. The average molecular weight is 640 g/mol. The Bertz CT molecular complexity index is 1740. The number of benzene rings is 1. The molecule has 0 amide bonds. The second-order valence-corrected chi connectivity index (χ2v) is 9.24. The summed E-state index contributed by atoms with van der Waals surface area (Å²) in [6.07, 6.45) is -10.2. The largest absolute Gasteiger partial charge is 0.423 e. The van der Waals surface area contributed by atoms with Gasteiger partial charge in [0, 0.05) is 25.0 Å². The van der Waals surface area contributed by atoms with Gasteiger partial charge in [0.05, 0.1) is 47.6 Å². The number of aromatic amines is 1. The zero-order chi connectivity index (χ0) is 32.4. The summed E-state index contributed by atoms with van der Waals surface area (Å²) < 4.78 is 139. The summed E-state index contributed by atoms with van der Waals surface area (Å²) >= 11 is 0. The third-order valence-corrected chi connectivity index (χ3v) is 6.14. The summed E-state index contributed by atoms with van der Waals surface area (Å²) in [4.78, 5) is 31.7. The van der Waals surface area contributed by atoms with Crippen LogP contribution in [0, 0.1) is 5.82 Å². The molecule has 0 aliphatic heterocycles. The molecule has 3 heterocycles. The predicted molar refractivity (Wildman–Crippen MR) is 133 cm³/mol. The maximum Gasteiger partial charge on any atom is 0.423 e. The SMILES string of the molecule is O=c1[nH]ncc(NC(COC(F)F)CC(F)Cn2ccc3cc(-c4ncc(C(F)(F)F)cn4)c(F)cc3c2=O)c1C(F)(F)F. The van der Waals surface area contributed by atoms with E-state index in [1.54, 1.807) is 5.10 Å². The van der Waals surface area contributed by atoms with Crippen LogP contribution in [0.25, 0.3) is 22.2 Å². The summed E-state index contributed by atoms with van der Waals surface area (Å²) in [5.41, 5.74) is -6.72. The van der Waals surface area contributed by atoms with Gasteiger partial charge in [0.15, 0.2) is 5.82 Å². The third kappa shape index (κ3) is 7.50. The first-order chi connectivity index (χ1) is 20.5. The molecule has 2 N–H and O–H groups in total. The fourth-order valence-corrected chi connectivity index (χ4v) is 4.20. The number of ether oxygens (including phenoxy) is 1. The molecule has 0 aliphatic rings. The van der Waals surface area contributed by atoms with Crippen LogP contribution in [0.2, 0.25) is 0 Å². The molecule has 2 unspecified atom stereocenters. The third-order valence-electron chi connectivity index (χ3n) is 6.14. The second-order valence-electron chi connectivity index (χ2n) is 9.24. The second kappa shape index (κ2) is 12.6. The molecule has 0 bridgehead atoms. The fraction of sp³-hybridized carbons (Fsp3) is 0.320. The Morgan fingerprint density at radius 2 is 1.66 bits per heavy atom. The normalized spacial score (nSPS) is 13.8. The zero-order valence-electron chi connectivity index (χ0n) is 21.7. The summed E-state index contributed by atoms with van der Waals surface area (Å²) in [5.74, 6) is -1.48. The number of hydrogen-bond acceptors (Lipinski definition) is 7. The molecule has 9 nitrogen and oxygen atoms in total. The lowest BCUT2D eigenvalue weighted by molar-refractivity contribution is -0.139. The quantitative estimate of drug-likeness (QED) is 0.230. The topological polar surface area (TPSA) is 115 Å². The Morgan fingerprint density at radius 1 is 0.977 bits per heavy atom. The van der Waals surface area contributed by atoms with E-state index < -0.39 is 90.3 Å². The molecule has 19 heteroatoms. The van der Waals surface area contributed by atoms with Gasteiger partial charge in [-0.25, -0.2) is 23.8 Å². The van der Waals surface area contributed by atoms with E-state index in [4.69, 9.17) is 0 Å². The van der Waals surface area contributed by atoms with Crippen molar-refractivity contribution in [3.63, 3.8) is 0 Å². The van der Waals surface area contributed by atoms with Gasteiger partial charge in [-0.3, -0.25) is 9.59 Å². The van der Waals surface area contributed by atoms with E-state index in [2.05, 4.69) is 25.1 Å². The highest BCUT2D eigenvalue weighted by Gasteiger charge is 2.38. The molecule has 0 aliphatic carbocycles. The zero-order valence-corrected chi connectivity index (χ0v) is 21.7. The van der Waals surface area contributed by atoms with E-state index in [9.17, 15) is 49.1 Å². The van der Waals surface area contributed by atoms with Crippen LogP contribution in [0.5, 0.6) is 0 Å². The van der Waals surface area contributed by atoms with Crippen LogP contribution < -0.4 is 16.4 Å². The first-order valence-electron chi connectivity index (χ1n) is 12.2. The Labute approximate surface area is 238 Å². The summed E-state index contributed by atoms with van der Waals surface area (Å²) in [6.45, 7) is -5.13. The van der Waals surface area contributed by atoms with Gasteiger partial charge in [-0.1, -0.05) is 0 Å². The van der Waals surface area contributed by atoms with Crippen molar-refractivity contribution in [1.29, 1.82) is 0 Å². The van der Waals surface area contributed by atoms with Gasteiger partial charge in [0.2, 0.25) is 0 Å². The standard InChI is InChI=1S/C25H18F10N6O3/c26-13(4-14(10-44-23(28)29)39-18-8-38-40-21(42)19(18)25(33,34)35)9-41-2-1-11-3-16(17(27)5-15(11)22(41)43)20-36-6-12(7-37-20)24(30,31)32/h1-3,5-8,13-14,23H,4,9-10H2,(H2,39,40,42). The van der Waals surface area contributed by atoms with Gasteiger partial charge in [-0.2, -0.15) is 40.2 Å². The molecule has 0 fully saturated rings. The average Bonchev–Trinajstić information content (AvgIpc) is 2.92. The molecule has 0 saturated carbocycles. The lowest BCUT2D eigenvalue weighted by atomic mass is 10.1. The highest BCUT2D eigenvalue weighted by Crippen LogP contribution is 2.32.